The molecule has 0 aliphatic carbocycles. The fraction of sp³-hybridized carbons (Fsp3) is 0.0526. The summed E-state index contributed by atoms with van der Waals surface area (Å²) < 4.78 is 0. The maximum atomic E-state index is 8.85. The Morgan fingerprint density at radius 2 is 0.571 bits per heavy atom. The molecule has 4 nitrogen and oxygen atoms in total. The van der Waals surface area contributed by atoms with Crippen molar-refractivity contribution >= 4 is 75.8 Å². The maximum absolute atomic E-state index is 8.85. The quantitative estimate of drug-likeness (QED) is 0.148. The number of benzene rings is 8. The van der Waals surface area contributed by atoms with Crippen LogP contribution in [0.15, 0.2) is 84.9 Å². The minimum atomic E-state index is 0.0256. The Bertz CT molecular complexity index is 2190. The first-order valence-electron chi connectivity index (χ1n) is 13.5. The van der Waals surface area contributed by atoms with Crippen LogP contribution in [-0.4, -0.2) is 0 Å². The molecule has 0 aliphatic rings. The second-order valence-electron chi connectivity index (χ2n) is 10.7. The fourth-order valence-corrected chi connectivity index (χ4v) is 6.54. The van der Waals surface area contributed by atoms with Gasteiger partial charge in [0.2, 0.25) is 0 Å². The zero-order chi connectivity index (χ0) is 29.1. The van der Waals surface area contributed by atoms with Gasteiger partial charge in [0, 0.05) is 10.4 Å². The molecule has 0 aliphatic heterocycles. The molecule has 0 atom stereocenters. The normalized spacial score (nSPS) is 11.0. The van der Waals surface area contributed by atoms with Crippen molar-refractivity contribution in [3.05, 3.63) is 106 Å². The van der Waals surface area contributed by atoms with Crippen LogP contribution in [0.4, 0.5) is 0 Å². The minimum Gasteiger partial charge on any atom is -0.192 e. The highest BCUT2D eigenvalue weighted by atomic mass is 14.3. The monoisotopic (exact) mass is 532 g/mol. The predicted molar refractivity (Wildman–Crippen MR) is 169 cm³/mol. The van der Waals surface area contributed by atoms with Crippen LogP contribution in [0.2, 0.25) is 0 Å². The summed E-state index contributed by atoms with van der Waals surface area (Å²) in [7, 11) is 0. The third-order valence-electron chi connectivity index (χ3n) is 8.44. The molecule has 0 aromatic heterocycles. The SMILES string of the molecule is Cc1cc(=C(C#N)C#N)c(C)cc1=C(C#N)C#N.c1cc2ccc3ccc4ccc5ccc6ccc1c1c2c3c4c5c61. The maximum Gasteiger partial charge on any atom is 0.137 e. The highest BCUT2D eigenvalue weighted by molar-refractivity contribution is 6.44. The van der Waals surface area contributed by atoms with E-state index in [1.807, 2.05) is 24.3 Å². The molecule has 0 fully saturated rings. The summed E-state index contributed by atoms with van der Waals surface area (Å²) >= 11 is 0. The summed E-state index contributed by atoms with van der Waals surface area (Å²) in [5, 5.41) is 53.2. The topological polar surface area (TPSA) is 95.2 Å². The average molecular weight is 533 g/mol. The van der Waals surface area contributed by atoms with Crippen molar-refractivity contribution in [2.45, 2.75) is 13.8 Å². The van der Waals surface area contributed by atoms with Gasteiger partial charge in [0.25, 0.3) is 0 Å². The van der Waals surface area contributed by atoms with Crippen molar-refractivity contribution in [2.24, 2.45) is 0 Å². The summed E-state index contributed by atoms with van der Waals surface area (Å²) in [6.45, 7) is 3.47. The van der Waals surface area contributed by atoms with E-state index in [1.165, 1.54) is 64.6 Å². The molecule has 42 heavy (non-hydrogen) atoms. The Morgan fingerprint density at radius 1 is 0.381 bits per heavy atom. The van der Waals surface area contributed by atoms with Crippen molar-refractivity contribution in [3.63, 3.8) is 0 Å². The molecule has 0 amide bonds. The first kappa shape index (κ1) is 24.8. The van der Waals surface area contributed by atoms with Crippen LogP contribution >= 0.6 is 0 Å². The molecule has 0 radical (unpaired) electrons. The molecule has 0 heterocycles. The molecule has 0 N–H and O–H groups in total. The van der Waals surface area contributed by atoms with Gasteiger partial charge >= 0.3 is 0 Å². The lowest BCUT2D eigenvalue weighted by Gasteiger charge is -2.20. The molecule has 4 heteroatoms. The van der Waals surface area contributed by atoms with E-state index in [1.54, 1.807) is 26.0 Å². The van der Waals surface area contributed by atoms with Crippen molar-refractivity contribution in [1.29, 1.82) is 21.0 Å². The molecule has 0 saturated carbocycles. The molecule has 8 aromatic rings. The number of nitriles is 4. The van der Waals surface area contributed by atoms with E-state index in [4.69, 9.17) is 21.0 Å². The Labute approximate surface area is 241 Å². The summed E-state index contributed by atoms with van der Waals surface area (Å²) in [5.74, 6) is 0. The number of nitrogens with zero attached hydrogens (tertiary/aromatic N) is 4. The van der Waals surface area contributed by atoms with Gasteiger partial charge in [-0.15, -0.1) is 0 Å². The summed E-state index contributed by atoms with van der Waals surface area (Å²) in [4.78, 5) is 0. The van der Waals surface area contributed by atoms with E-state index in [0.29, 0.717) is 21.6 Å². The van der Waals surface area contributed by atoms with E-state index >= 15 is 0 Å². The Kier molecular flexibility index (Phi) is 5.43. The molecule has 192 valence electrons. The van der Waals surface area contributed by atoms with E-state index in [0.717, 1.165) is 0 Å². The number of hydrogen-bond acceptors (Lipinski definition) is 4. The van der Waals surface area contributed by atoms with Gasteiger partial charge in [0.15, 0.2) is 0 Å². The van der Waals surface area contributed by atoms with Gasteiger partial charge in [0.1, 0.15) is 35.4 Å². The highest BCUT2D eigenvalue weighted by Crippen LogP contribution is 2.47. The van der Waals surface area contributed by atoms with Crippen LogP contribution < -0.4 is 10.4 Å². The summed E-state index contributed by atoms with van der Waals surface area (Å²) in [5.41, 5.74) is 1.43. The predicted octanol–water partition coefficient (Wildman–Crippen LogP) is 7.62. The van der Waals surface area contributed by atoms with Crippen LogP contribution in [0.1, 0.15) is 11.1 Å². The van der Waals surface area contributed by atoms with E-state index in [9.17, 15) is 0 Å². The first-order chi connectivity index (χ1) is 20.5. The lowest BCUT2D eigenvalue weighted by Crippen LogP contribution is -2.19. The number of rotatable bonds is 0. The third kappa shape index (κ3) is 3.37. The van der Waals surface area contributed by atoms with E-state index in [2.05, 4.69) is 72.8 Å². The average Bonchev–Trinajstić information content (AvgIpc) is 3.03. The van der Waals surface area contributed by atoms with Gasteiger partial charge in [-0.2, -0.15) is 21.0 Å². The molecule has 8 aromatic carbocycles. The zero-order valence-electron chi connectivity index (χ0n) is 22.9. The Balaban J connectivity index is 0.000000145. The first-order valence-corrected chi connectivity index (χ1v) is 13.5. The van der Waals surface area contributed by atoms with Gasteiger partial charge in [-0.05, 0) is 102 Å². The largest absolute Gasteiger partial charge is 0.192 e. The second kappa shape index (κ2) is 9.18. The zero-order valence-corrected chi connectivity index (χ0v) is 22.9. The summed E-state index contributed by atoms with van der Waals surface area (Å²) in [6.07, 6.45) is 0. The molecule has 0 unspecified atom stereocenters. The van der Waals surface area contributed by atoms with Crippen molar-refractivity contribution in [2.75, 3.05) is 0 Å². The molecule has 0 saturated heterocycles. The van der Waals surface area contributed by atoms with Gasteiger partial charge in [-0.3, -0.25) is 0 Å². The third-order valence-corrected chi connectivity index (χ3v) is 8.44. The molecule has 8 rings (SSSR count). The van der Waals surface area contributed by atoms with E-state index in [-0.39, 0.29) is 11.1 Å². The number of hydrogen-bond donors (Lipinski definition) is 0. The van der Waals surface area contributed by atoms with Crippen LogP contribution in [0.3, 0.4) is 0 Å². The second-order valence-corrected chi connectivity index (χ2v) is 10.7. The lowest BCUT2D eigenvalue weighted by atomic mass is 9.83. The molecule has 0 bridgehead atoms. The van der Waals surface area contributed by atoms with Crippen molar-refractivity contribution in [3.8, 4) is 24.3 Å². The lowest BCUT2D eigenvalue weighted by molar-refractivity contribution is 1.29. The molecule has 0 spiro atoms. The molecular weight excluding hydrogens is 512 g/mol. The minimum absolute atomic E-state index is 0.0256. The van der Waals surface area contributed by atoms with Gasteiger partial charge < -0.3 is 0 Å². The number of aryl methyl sites for hydroxylation is 2. The van der Waals surface area contributed by atoms with Crippen molar-refractivity contribution in [1.82, 2.24) is 0 Å². The van der Waals surface area contributed by atoms with Gasteiger partial charge in [0.05, 0.1) is 0 Å². The molecular formula is C38H20N4. The summed E-state index contributed by atoms with van der Waals surface area (Å²) in [6, 6.07) is 37.9. The fourth-order valence-electron chi connectivity index (χ4n) is 6.54. The van der Waals surface area contributed by atoms with Crippen LogP contribution in [0.25, 0.3) is 75.8 Å². The van der Waals surface area contributed by atoms with Crippen molar-refractivity contribution < 1.29 is 0 Å². The van der Waals surface area contributed by atoms with E-state index < -0.39 is 0 Å². The van der Waals surface area contributed by atoms with Crippen LogP contribution in [-0.2, 0) is 0 Å². The standard InChI is InChI=1S/C24H12.C14H8N4/c1-2-14-5-6-16-9-11-18-12-10-17-8-7-15-4-3-13(1)19-20(14)22(16)24(18)23(17)21(15)19;1-9-3-14(12(7-17)8-18)10(2)4-13(9)11(5-15)6-16/h1-12H;3-4H,1-2H3. The Hall–Kier alpha value is -6.20. The van der Waals surface area contributed by atoms with Crippen LogP contribution in [0, 0.1) is 59.2 Å². The van der Waals surface area contributed by atoms with Gasteiger partial charge in [-0.25, -0.2) is 0 Å². The van der Waals surface area contributed by atoms with Gasteiger partial charge in [-0.1, -0.05) is 72.8 Å². The highest BCUT2D eigenvalue weighted by Gasteiger charge is 2.19. The van der Waals surface area contributed by atoms with Crippen LogP contribution in [0.5, 0.6) is 0 Å². The Morgan fingerprint density at radius 3 is 0.738 bits per heavy atom. The smallest absolute Gasteiger partial charge is 0.137 e.